The minimum absolute atomic E-state index is 0.0178. The van der Waals surface area contributed by atoms with Crippen LogP contribution in [0.25, 0.3) is 0 Å². The molecule has 0 spiro atoms. The van der Waals surface area contributed by atoms with Crippen molar-refractivity contribution in [3.05, 3.63) is 35.9 Å². The van der Waals surface area contributed by atoms with E-state index in [9.17, 15) is 10.2 Å². The van der Waals surface area contributed by atoms with Gasteiger partial charge in [0.05, 0.1) is 43.1 Å². The van der Waals surface area contributed by atoms with Gasteiger partial charge in [0, 0.05) is 6.54 Å². The molecule has 1 aliphatic heterocycles. The fourth-order valence-corrected chi connectivity index (χ4v) is 3.76. The van der Waals surface area contributed by atoms with Crippen molar-refractivity contribution in [2.45, 2.75) is 77.2 Å². The molecule has 1 aromatic carbocycles. The van der Waals surface area contributed by atoms with Gasteiger partial charge in [0.2, 0.25) is 0 Å². The second kappa shape index (κ2) is 9.10. The molecule has 2 N–H and O–H groups in total. The highest BCUT2D eigenvalue weighted by Gasteiger charge is 2.48. The average Bonchev–Trinajstić information content (AvgIpc) is 2.86. The molecule has 1 aliphatic rings. The summed E-state index contributed by atoms with van der Waals surface area (Å²) in [6, 6.07) is 9.49. The lowest BCUT2D eigenvalue weighted by Gasteiger charge is -2.36. The lowest BCUT2D eigenvalue weighted by molar-refractivity contribution is -0.109. The zero-order valence-corrected chi connectivity index (χ0v) is 16.0. The van der Waals surface area contributed by atoms with E-state index in [0.29, 0.717) is 6.54 Å². The highest BCUT2D eigenvalue weighted by molar-refractivity contribution is 5.20. The summed E-state index contributed by atoms with van der Waals surface area (Å²) >= 11 is 0. The molecule has 0 bridgehead atoms. The molecule has 5 heteroatoms. The van der Waals surface area contributed by atoms with E-state index in [-0.39, 0.29) is 43.1 Å². The van der Waals surface area contributed by atoms with Crippen LogP contribution in [0, 0.1) is 0 Å². The number of ether oxygens (including phenoxy) is 2. The Bertz CT molecular complexity index is 506. The van der Waals surface area contributed by atoms with Gasteiger partial charge in [-0.25, -0.2) is 0 Å². The van der Waals surface area contributed by atoms with Crippen LogP contribution in [0.2, 0.25) is 0 Å². The number of hydrogen-bond acceptors (Lipinski definition) is 5. The van der Waals surface area contributed by atoms with Crippen LogP contribution in [-0.2, 0) is 9.47 Å². The van der Waals surface area contributed by atoms with Gasteiger partial charge in [0.1, 0.15) is 6.10 Å². The molecule has 5 atom stereocenters. The molecule has 0 radical (unpaired) electrons. The van der Waals surface area contributed by atoms with Gasteiger partial charge in [-0.2, -0.15) is 0 Å². The van der Waals surface area contributed by atoms with Crippen LogP contribution in [0.5, 0.6) is 0 Å². The molecule has 0 saturated carbocycles. The van der Waals surface area contributed by atoms with Gasteiger partial charge in [-0.3, -0.25) is 4.90 Å². The van der Waals surface area contributed by atoms with E-state index in [1.54, 1.807) is 6.92 Å². The van der Waals surface area contributed by atoms with Crippen LogP contribution in [0.3, 0.4) is 0 Å². The summed E-state index contributed by atoms with van der Waals surface area (Å²) in [4.78, 5) is 2.14. The molecule has 25 heavy (non-hydrogen) atoms. The first-order valence-corrected chi connectivity index (χ1v) is 9.25. The van der Waals surface area contributed by atoms with Crippen molar-refractivity contribution < 1.29 is 19.7 Å². The summed E-state index contributed by atoms with van der Waals surface area (Å²) in [7, 11) is 0. The highest BCUT2D eigenvalue weighted by Crippen LogP contribution is 2.35. The predicted octanol–water partition coefficient (Wildman–Crippen LogP) is 2.37. The molecule has 1 heterocycles. The number of likely N-dealkylation sites (tertiary alicyclic amines) is 1. The largest absolute Gasteiger partial charge is 0.394 e. The summed E-state index contributed by atoms with van der Waals surface area (Å²) in [5.74, 6) is 0. The monoisotopic (exact) mass is 351 g/mol. The molecule has 1 aromatic rings. The van der Waals surface area contributed by atoms with E-state index in [1.807, 2.05) is 58.0 Å². The maximum absolute atomic E-state index is 10.5. The molecule has 1 saturated heterocycles. The van der Waals surface area contributed by atoms with Crippen molar-refractivity contribution in [3.63, 3.8) is 0 Å². The van der Waals surface area contributed by atoms with Gasteiger partial charge in [0.15, 0.2) is 0 Å². The number of nitrogens with zero attached hydrogens (tertiary/aromatic N) is 1. The number of aliphatic hydroxyl groups excluding tert-OH is 2. The minimum Gasteiger partial charge on any atom is -0.394 e. The molecule has 1 fully saturated rings. The molecule has 2 rings (SSSR count). The summed E-state index contributed by atoms with van der Waals surface area (Å²) in [5.41, 5.74) is 1.03. The summed E-state index contributed by atoms with van der Waals surface area (Å²) < 4.78 is 12.3. The zero-order chi connectivity index (χ0) is 18.6. The van der Waals surface area contributed by atoms with E-state index in [2.05, 4.69) is 4.90 Å². The zero-order valence-electron chi connectivity index (χ0n) is 16.0. The fourth-order valence-electron chi connectivity index (χ4n) is 3.76. The number of benzene rings is 1. The normalized spacial score (nSPS) is 27.2. The average molecular weight is 351 g/mol. The van der Waals surface area contributed by atoms with Crippen molar-refractivity contribution in [3.8, 4) is 0 Å². The smallest absolute Gasteiger partial charge is 0.103 e. The Morgan fingerprint density at radius 2 is 1.64 bits per heavy atom. The second-order valence-electron chi connectivity index (χ2n) is 7.41. The molecule has 142 valence electrons. The third kappa shape index (κ3) is 5.02. The van der Waals surface area contributed by atoms with E-state index < -0.39 is 6.10 Å². The Labute approximate surface area is 151 Å². The Hall–Kier alpha value is -0.980. The van der Waals surface area contributed by atoms with Gasteiger partial charge in [-0.05, 0) is 40.2 Å². The lowest BCUT2D eigenvalue weighted by Crippen LogP contribution is -2.48. The molecule has 0 unspecified atom stereocenters. The van der Waals surface area contributed by atoms with Gasteiger partial charge in [0.25, 0.3) is 0 Å². The molecule has 0 aromatic heterocycles. The first-order valence-electron chi connectivity index (χ1n) is 9.25. The first kappa shape index (κ1) is 20.3. The van der Waals surface area contributed by atoms with Crippen molar-refractivity contribution in [2.75, 3.05) is 13.2 Å². The number of rotatable bonds is 8. The van der Waals surface area contributed by atoms with Crippen LogP contribution in [0.4, 0.5) is 0 Å². The van der Waals surface area contributed by atoms with Gasteiger partial charge in [-0.15, -0.1) is 0 Å². The topological polar surface area (TPSA) is 62.2 Å². The standard InChI is InChI=1S/C20H33NO4/c1-13(2)24-18-11-21(17(12-22)16-9-7-6-8-10-16)19(15(5)23)20(18)25-14(3)4/h6-10,13-15,17-20,22-23H,11-12H2,1-5H3/t15-,17+,18-,19+,20-/m1/s1. The first-order chi connectivity index (χ1) is 11.8. The van der Waals surface area contributed by atoms with E-state index in [4.69, 9.17) is 9.47 Å². The second-order valence-corrected chi connectivity index (χ2v) is 7.41. The van der Waals surface area contributed by atoms with Crippen LogP contribution < -0.4 is 0 Å². The maximum Gasteiger partial charge on any atom is 0.103 e. The quantitative estimate of drug-likeness (QED) is 0.753. The van der Waals surface area contributed by atoms with E-state index in [1.165, 1.54) is 0 Å². The number of hydrogen-bond donors (Lipinski definition) is 2. The van der Waals surface area contributed by atoms with Gasteiger partial charge in [-0.1, -0.05) is 30.3 Å². The fraction of sp³-hybridized carbons (Fsp3) is 0.700. The van der Waals surface area contributed by atoms with Crippen LogP contribution in [0.15, 0.2) is 30.3 Å². The van der Waals surface area contributed by atoms with E-state index >= 15 is 0 Å². The lowest BCUT2D eigenvalue weighted by atomic mass is 10.0. The van der Waals surface area contributed by atoms with E-state index in [0.717, 1.165) is 5.56 Å². The molecular formula is C20H33NO4. The SMILES string of the molecule is CC(C)O[C@H]1[C@H]([C@@H](C)O)N([C@@H](CO)c2ccccc2)C[C@H]1OC(C)C. The third-order valence-electron chi connectivity index (χ3n) is 4.60. The molecular weight excluding hydrogens is 318 g/mol. The van der Waals surface area contributed by atoms with Crippen LogP contribution in [0.1, 0.15) is 46.2 Å². The highest BCUT2D eigenvalue weighted by atomic mass is 16.6. The minimum atomic E-state index is -0.595. The Balaban J connectivity index is 2.34. The summed E-state index contributed by atoms with van der Waals surface area (Å²) in [5, 5.41) is 20.6. The molecule has 5 nitrogen and oxygen atoms in total. The summed E-state index contributed by atoms with van der Waals surface area (Å²) in [6.45, 7) is 10.4. The van der Waals surface area contributed by atoms with Crippen molar-refractivity contribution in [1.29, 1.82) is 0 Å². The van der Waals surface area contributed by atoms with Crippen LogP contribution in [-0.4, -0.2) is 64.8 Å². The Morgan fingerprint density at radius 3 is 2.12 bits per heavy atom. The van der Waals surface area contributed by atoms with Crippen molar-refractivity contribution >= 4 is 0 Å². The predicted molar refractivity (Wildman–Crippen MR) is 98.5 cm³/mol. The van der Waals surface area contributed by atoms with Crippen LogP contribution >= 0.6 is 0 Å². The van der Waals surface area contributed by atoms with Crippen molar-refractivity contribution in [1.82, 2.24) is 4.90 Å². The third-order valence-corrected chi connectivity index (χ3v) is 4.60. The number of aliphatic hydroxyl groups is 2. The Kier molecular flexibility index (Phi) is 7.40. The molecule has 0 aliphatic carbocycles. The Morgan fingerprint density at radius 1 is 1.04 bits per heavy atom. The van der Waals surface area contributed by atoms with Gasteiger partial charge < -0.3 is 19.7 Å². The maximum atomic E-state index is 10.5. The molecule has 0 amide bonds. The van der Waals surface area contributed by atoms with Crippen molar-refractivity contribution in [2.24, 2.45) is 0 Å². The van der Waals surface area contributed by atoms with Gasteiger partial charge >= 0.3 is 0 Å². The summed E-state index contributed by atoms with van der Waals surface area (Å²) in [6.07, 6.45) is -0.863.